The second-order valence-electron chi connectivity index (χ2n) is 3.10. The van der Waals surface area contributed by atoms with Crippen LogP contribution in [0.15, 0.2) is 30.9 Å². The first-order valence-electron chi connectivity index (χ1n) is 5.13. The van der Waals surface area contributed by atoms with E-state index < -0.39 is 11.6 Å². The monoisotopic (exact) mass is 261 g/mol. The Morgan fingerprint density at radius 3 is 1.89 bits per heavy atom. The molecule has 2 aromatic heterocycles. The van der Waals surface area contributed by atoms with Gasteiger partial charge in [-0.3, -0.25) is 0 Å². The third-order valence-electron chi connectivity index (χ3n) is 1.68. The summed E-state index contributed by atoms with van der Waals surface area (Å²) >= 11 is 0. The molecule has 0 amide bonds. The molecule has 0 saturated carbocycles. The van der Waals surface area contributed by atoms with Crippen LogP contribution in [0.3, 0.4) is 0 Å². The van der Waals surface area contributed by atoms with Gasteiger partial charge in [-0.05, 0) is 13.0 Å². The van der Waals surface area contributed by atoms with Crippen LogP contribution < -0.4 is 0 Å². The predicted molar refractivity (Wildman–Crippen MR) is 63.4 cm³/mol. The van der Waals surface area contributed by atoms with E-state index in [0.717, 1.165) is 24.8 Å². The first kappa shape index (κ1) is 14.3. The lowest BCUT2D eigenvalue weighted by molar-refractivity contribution is 0.612. The van der Waals surface area contributed by atoms with Crippen molar-refractivity contribution in [3.05, 3.63) is 54.1 Å². The number of nitriles is 1. The fourth-order valence-electron chi connectivity index (χ4n) is 0.927. The van der Waals surface area contributed by atoms with Crippen LogP contribution in [0.5, 0.6) is 0 Å². The van der Waals surface area contributed by atoms with Crippen LogP contribution in [0.1, 0.15) is 18.6 Å². The van der Waals surface area contributed by atoms with E-state index in [9.17, 15) is 8.78 Å². The summed E-state index contributed by atoms with van der Waals surface area (Å²) in [5.41, 5.74) is 0. The molecule has 0 aliphatic carbocycles. The van der Waals surface area contributed by atoms with Gasteiger partial charge in [-0.25, -0.2) is 28.7 Å². The maximum atomic E-state index is 12.2. The van der Waals surface area contributed by atoms with Gasteiger partial charge in [-0.2, -0.15) is 5.26 Å². The Morgan fingerprint density at radius 2 is 1.47 bits per heavy atom. The van der Waals surface area contributed by atoms with E-state index in [4.69, 9.17) is 5.26 Å². The quantitative estimate of drug-likeness (QED) is 0.786. The molecule has 0 radical (unpaired) electrons. The van der Waals surface area contributed by atoms with Crippen molar-refractivity contribution in [3.8, 4) is 6.07 Å². The minimum Gasteiger partial charge on any atom is -0.234 e. The average Bonchev–Trinajstić information content (AvgIpc) is 2.43. The van der Waals surface area contributed by atoms with E-state index in [1.165, 1.54) is 0 Å². The summed E-state index contributed by atoms with van der Waals surface area (Å²) in [7, 11) is 0. The molecule has 2 aromatic rings. The van der Waals surface area contributed by atoms with E-state index in [1.54, 1.807) is 18.2 Å². The maximum absolute atomic E-state index is 12.2. The van der Waals surface area contributed by atoms with Gasteiger partial charge in [-0.1, -0.05) is 6.08 Å². The average molecular weight is 261 g/mol. The topological polar surface area (TPSA) is 75.3 Å². The normalized spacial score (nSPS) is 9.58. The Kier molecular flexibility index (Phi) is 5.69. The zero-order chi connectivity index (χ0) is 14.1. The number of hydrogen-bond acceptors (Lipinski definition) is 5. The second-order valence-corrected chi connectivity index (χ2v) is 3.10. The number of rotatable bonds is 1. The highest BCUT2D eigenvalue weighted by atomic mass is 19.1. The number of aromatic nitrogens is 4. The lowest BCUT2D eigenvalue weighted by Crippen LogP contribution is -1.87. The van der Waals surface area contributed by atoms with Crippen molar-refractivity contribution in [2.75, 3.05) is 0 Å². The van der Waals surface area contributed by atoms with E-state index >= 15 is 0 Å². The minimum absolute atomic E-state index is 0.0172. The zero-order valence-electron chi connectivity index (χ0n) is 9.96. The highest BCUT2D eigenvalue weighted by Gasteiger charge is 1.91. The van der Waals surface area contributed by atoms with Crippen molar-refractivity contribution in [2.24, 2.45) is 0 Å². The molecule has 0 aliphatic heterocycles. The highest BCUT2D eigenvalue weighted by molar-refractivity contribution is 5.37. The van der Waals surface area contributed by atoms with Gasteiger partial charge >= 0.3 is 0 Å². The molecular formula is C12H9F2N5. The SMILES string of the molecule is C/C=C\c1ncc(F)cn1.N#Cc1ncc(F)cn1. The van der Waals surface area contributed by atoms with Crippen LogP contribution in [0.25, 0.3) is 6.08 Å². The van der Waals surface area contributed by atoms with Crippen LogP contribution in [-0.2, 0) is 0 Å². The molecule has 0 fully saturated rings. The molecule has 5 nitrogen and oxygen atoms in total. The molecule has 96 valence electrons. The largest absolute Gasteiger partial charge is 0.234 e. The van der Waals surface area contributed by atoms with E-state index in [0.29, 0.717) is 5.82 Å². The summed E-state index contributed by atoms with van der Waals surface area (Å²) < 4.78 is 24.2. The van der Waals surface area contributed by atoms with Crippen LogP contribution in [0.4, 0.5) is 8.78 Å². The predicted octanol–water partition coefficient (Wildman–Crippen LogP) is 2.14. The number of nitrogens with zero attached hydrogens (tertiary/aromatic N) is 5. The van der Waals surface area contributed by atoms with Crippen molar-refractivity contribution in [2.45, 2.75) is 6.92 Å². The van der Waals surface area contributed by atoms with Crippen molar-refractivity contribution >= 4 is 6.08 Å². The Hall–Kier alpha value is -2.75. The van der Waals surface area contributed by atoms with Gasteiger partial charge in [0.2, 0.25) is 5.82 Å². The molecule has 19 heavy (non-hydrogen) atoms. The van der Waals surface area contributed by atoms with Gasteiger partial charge < -0.3 is 0 Å². The summed E-state index contributed by atoms with van der Waals surface area (Å²) in [6.45, 7) is 1.85. The number of halogens is 2. The van der Waals surface area contributed by atoms with E-state index in [-0.39, 0.29) is 5.82 Å². The molecule has 0 saturated heterocycles. The summed E-state index contributed by atoms with van der Waals surface area (Å²) in [6.07, 6.45) is 7.69. The van der Waals surface area contributed by atoms with Gasteiger partial charge in [0.1, 0.15) is 6.07 Å². The van der Waals surface area contributed by atoms with Crippen LogP contribution in [-0.4, -0.2) is 19.9 Å². The number of allylic oxidation sites excluding steroid dienone is 1. The Balaban J connectivity index is 0.000000191. The molecule has 0 spiro atoms. The highest BCUT2D eigenvalue weighted by Crippen LogP contribution is 1.94. The molecule has 0 aromatic carbocycles. The lowest BCUT2D eigenvalue weighted by atomic mass is 10.5. The molecule has 2 heterocycles. The second kappa shape index (κ2) is 7.55. The van der Waals surface area contributed by atoms with Crippen LogP contribution in [0.2, 0.25) is 0 Å². The molecule has 0 aliphatic rings. The Labute approximate surface area is 108 Å². The Morgan fingerprint density at radius 1 is 1.00 bits per heavy atom. The third-order valence-corrected chi connectivity index (χ3v) is 1.68. The van der Waals surface area contributed by atoms with E-state index in [2.05, 4.69) is 19.9 Å². The Bertz CT molecular complexity index is 573. The van der Waals surface area contributed by atoms with Gasteiger partial charge in [0.15, 0.2) is 17.5 Å². The fraction of sp³-hybridized carbons (Fsp3) is 0.0833. The van der Waals surface area contributed by atoms with Gasteiger partial charge in [-0.15, -0.1) is 0 Å². The molecule has 0 atom stereocenters. The van der Waals surface area contributed by atoms with Gasteiger partial charge in [0.25, 0.3) is 0 Å². The third kappa shape index (κ3) is 5.41. The molecule has 7 heteroatoms. The van der Waals surface area contributed by atoms with Crippen LogP contribution >= 0.6 is 0 Å². The first-order chi connectivity index (χ1) is 9.15. The molecule has 0 unspecified atom stereocenters. The summed E-state index contributed by atoms with van der Waals surface area (Å²) in [4.78, 5) is 14.1. The minimum atomic E-state index is -0.533. The van der Waals surface area contributed by atoms with Crippen molar-refractivity contribution < 1.29 is 8.78 Å². The lowest BCUT2D eigenvalue weighted by Gasteiger charge is -1.88. The fourth-order valence-corrected chi connectivity index (χ4v) is 0.927. The molecular weight excluding hydrogens is 252 g/mol. The summed E-state index contributed by atoms with van der Waals surface area (Å²) in [5, 5.41) is 8.13. The zero-order valence-corrected chi connectivity index (χ0v) is 9.96. The smallest absolute Gasteiger partial charge is 0.232 e. The summed E-state index contributed by atoms with van der Waals surface area (Å²) in [6, 6.07) is 1.67. The van der Waals surface area contributed by atoms with Gasteiger partial charge in [0, 0.05) is 0 Å². The molecule has 2 rings (SSSR count). The van der Waals surface area contributed by atoms with Crippen molar-refractivity contribution in [1.29, 1.82) is 5.26 Å². The maximum Gasteiger partial charge on any atom is 0.232 e. The van der Waals surface area contributed by atoms with Gasteiger partial charge in [0.05, 0.1) is 24.8 Å². The number of hydrogen-bond donors (Lipinski definition) is 0. The summed E-state index contributed by atoms with van der Waals surface area (Å²) in [5.74, 6) is -0.428. The van der Waals surface area contributed by atoms with Crippen molar-refractivity contribution in [1.82, 2.24) is 19.9 Å². The first-order valence-corrected chi connectivity index (χ1v) is 5.13. The molecule has 0 bridgehead atoms. The van der Waals surface area contributed by atoms with E-state index in [1.807, 2.05) is 6.92 Å². The van der Waals surface area contributed by atoms with Crippen molar-refractivity contribution in [3.63, 3.8) is 0 Å². The van der Waals surface area contributed by atoms with Crippen LogP contribution in [0, 0.1) is 23.0 Å². The molecule has 0 N–H and O–H groups in total. The standard InChI is InChI=1S/C7H7FN2.C5H2FN3/c1-2-3-7-9-4-6(8)5-10-7;6-4-2-8-5(1-7)9-3-4/h2-5H,1H3;2-3H/b3-2-;.